The molecule has 2 unspecified atom stereocenters. The van der Waals surface area contributed by atoms with E-state index < -0.39 is 0 Å². The zero-order valence-electron chi connectivity index (χ0n) is 6.55. The summed E-state index contributed by atoms with van der Waals surface area (Å²) in [5.74, 6) is 0. The lowest BCUT2D eigenvalue weighted by molar-refractivity contribution is -0.104. The summed E-state index contributed by atoms with van der Waals surface area (Å²) in [5.41, 5.74) is 0. The number of fused-ring (bicyclic) bond motifs is 3. The van der Waals surface area contributed by atoms with E-state index >= 15 is 0 Å². The number of hydrogen-bond acceptors (Lipinski definition) is 2. The van der Waals surface area contributed by atoms with Gasteiger partial charge in [0.1, 0.15) is 0 Å². The van der Waals surface area contributed by atoms with Crippen molar-refractivity contribution in [2.75, 3.05) is 19.7 Å². The molecule has 3 rings (SSSR count). The van der Waals surface area contributed by atoms with Crippen LogP contribution in [0, 0.1) is 0 Å². The first-order chi connectivity index (χ1) is 4.90. The fraction of sp³-hybridized carbons (Fsp3) is 1.00. The average Bonchev–Trinajstić information content (AvgIpc) is 2.06. The highest BCUT2D eigenvalue weighted by Gasteiger charge is 2.33. The Labute approximate surface area is 62.2 Å². The second-order valence-corrected chi connectivity index (χ2v) is 3.27. The standard InChI is InChI=1S/C8H15NO/c1-2-9-5-8-4-3-7(9)6-10-8/h7-8H,2-6H2,1H3. The van der Waals surface area contributed by atoms with Crippen LogP contribution in [0.5, 0.6) is 0 Å². The third-order valence-electron chi connectivity index (χ3n) is 2.71. The number of piperidine rings is 1. The van der Waals surface area contributed by atoms with E-state index in [4.69, 9.17) is 4.74 Å². The molecule has 3 heterocycles. The molecule has 2 heteroatoms. The summed E-state index contributed by atoms with van der Waals surface area (Å²) in [6.45, 7) is 5.60. The van der Waals surface area contributed by atoms with Gasteiger partial charge in [0.25, 0.3) is 0 Å². The van der Waals surface area contributed by atoms with Crippen molar-refractivity contribution in [2.45, 2.75) is 31.9 Å². The van der Waals surface area contributed by atoms with Crippen LogP contribution in [0.15, 0.2) is 0 Å². The SMILES string of the molecule is CCN1CC2CCC1CO2. The van der Waals surface area contributed by atoms with Crippen molar-refractivity contribution >= 4 is 0 Å². The van der Waals surface area contributed by atoms with Crippen molar-refractivity contribution in [3.05, 3.63) is 0 Å². The molecule has 3 saturated heterocycles. The lowest BCUT2D eigenvalue weighted by atomic mass is 9.97. The number of rotatable bonds is 1. The molecule has 2 nitrogen and oxygen atoms in total. The first-order valence-electron chi connectivity index (χ1n) is 4.26. The number of nitrogens with zero attached hydrogens (tertiary/aromatic N) is 1. The lowest BCUT2D eigenvalue weighted by Gasteiger charge is -2.44. The molecule has 0 radical (unpaired) electrons. The van der Waals surface area contributed by atoms with Crippen molar-refractivity contribution < 1.29 is 4.74 Å². The third kappa shape index (κ3) is 0.956. The zero-order chi connectivity index (χ0) is 6.97. The van der Waals surface area contributed by atoms with Gasteiger partial charge in [-0.2, -0.15) is 0 Å². The highest BCUT2D eigenvalue weighted by molar-refractivity contribution is 4.86. The summed E-state index contributed by atoms with van der Waals surface area (Å²) in [5, 5.41) is 0. The molecule has 0 spiro atoms. The Kier molecular flexibility index (Phi) is 1.66. The fourth-order valence-electron chi connectivity index (χ4n) is 2.02. The van der Waals surface area contributed by atoms with Crippen LogP contribution in [0.3, 0.4) is 0 Å². The first kappa shape index (κ1) is 6.62. The molecular weight excluding hydrogens is 126 g/mol. The minimum Gasteiger partial charge on any atom is -0.375 e. The molecule has 0 aromatic rings. The molecule has 10 heavy (non-hydrogen) atoms. The van der Waals surface area contributed by atoms with Crippen LogP contribution in [0.1, 0.15) is 19.8 Å². The second kappa shape index (κ2) is 2.51. The van der Waals surface area contributed by atoms with Gasteiger partial charge in [-0.25, -0.2) is 0 Å². The largest absolute Gasteiger partial charge is 0.375 e. The molecule has 58 valence electrons. The maximum absolute atomic E-state index is 5.57. The maximum Gasteiger partial charge on any atom is 0.0703 e. The molecule has 3 aliphatic rings. The zero-order valence-corrected chi connectivity index (χ0v) is 6.55. The van der Waals surface area contributed by atoms with Gasteiger partial charge in [-0.15, -0.1) is 0 Å². The van der Waals surface area contributed by atoms with Gasteiger partial charge in [0.05, 0.1) is 12.7 Å². The summed E-state index contributed by atoms with van der Waals surface area (Å²) in [6, 6.07) is 0.745. The third-order valence-corrected chi connectivity index (χ3v) is 2.71. The van der Waals surface area contributed by atoms with Gasteiger partial charge in [-0.1, -0.05) is 6.92 Å². The van der Waals surface area contributed by atoms with Crippen LogP contribution in [-0.2, 0) is 4.74 Å². The molecule has 0 aliphatic carbocycles. The van der Waals surface area contributed by atoms with Crippen LogP contribution in [-0.4, -0.2) is 36.7 Å². The summed E-state index contributed by atoms with van der Waals surface area (Å²) >= 11 is 0. The van der Waals surface area contributed by atoms with E-state index in [9.17, 15) is 0 Å². The Morgan fingerprint density at radius 1 is 1.50 bits per heavy atom. The van der Waals surface area contributed by atoms with Gasteiger partial charge in [0.2, 0.25) is 0 Å². The normalized spacial score (nSPS) is 40.5. The fourth-order valence-corrected chi connectivity index (χ4v) is 2.02. The Morgan fingerprint density at radius 3 is 2.70 bits per heavy atom. The number of ether oxygens (including phenoxy) is 1. The van der Waals surface area contributed by atoms with Crippen LogP contribution >= 0.6 is 0 Å². The summed E-state index contributed by atoms with van der Waals surface area (Å²) in [4.78, 5) is 2.54. The molecule has 0 saturated carbocycles. The van der Waals surface area contributed by atoms with Gasteiger partial charge in [-0.05, 0) is 19.4 Å². The Bertz CT molecular complexity index is 118. The van der Waals surface area contributed by atoms with Crippen molar-refractivity contribution in [1.82, 2.24) is 4.90 Å². The molecule has 0 aromatic carbocycles. The molecule has 0 amide bonds. The molecule has 0 aromatic heterocycles. The van der Waals surface area contributed by atoms with E-state index in [0.717, 1.165) is 12.6 Å². The maximum atomic E-state index is 5.57. The topological polar surface area (TPSA) is 12.5 Å². The van der Waals surface area contributed by atoms with E-state index in [-0.39, 0.29) is 0 Å². The van der Waals surface area contributed by atoms with Crippen molar-refractivity contribution in [3.8, 4) is 0 Å². The van der Waals surface area contributed by atoms with Gasteiger partial charge < -0.3 is 4.74 Å². The number of hydrogen-bond donors (Lipinski definition) is 0. The quantitative estimate of drug-likeness (QED) is 0.537. The Hall–Kier alpha value is -0.0800. The molecule has 2 bridgehead atoms. The molecule has 3 fully saturated rings. The van der Waals surface area contributed by atoms with E-state index in [1.165, 1.54) is 25.9 Å². The van der Waals surface area contributed by atoms with E-state index in [2.05, 4.69) is 11.8 Å². The highest BCUT2D eigenvalue weighted by atomic mass is 16.5. The minimum absolute atomic E-state index is 0.560. The summed E-state index contributed by atoms with van der Waals surface area (Å²) in [6.07, 6.45) is 3.21. The highest BCUT2D eigenvalue weighted by Crippen LogP contribution is 2.25. The monoisotopic (exact) mass is 141 g/mol. The van der Waals surface area contributed by atoms with Crippen LogP contribution in [0.25, 0.3) is 0 Å². The first-order valence-corrected chi connectivity index (χ1v) is 4.26. The predicted octanol–water partition coefficient (Wildman–Crippen LogP) is 0.869. The number of likely N-dealkylation sites (N-methyl/N-ethyl adjacent to an activating group) is 1. The lowest BCUT2D eigenvalue weighted by Crippen LogP contribution is -2.54. The molecule has 0 N–H and O–H groups in total. The Balaban J connectivity index is 2.01. The summed E-state index contributed by atoms with van der Waals surface area (Å²) in [7, 11) is 0. The van der Waals surface area contributed by atoms with E-state index in [1.54, 1.807) is 0 Å². The van der Waals surface area contributed by atoms with Gasteiger partial charge in [0, 0.05) is 12.6 Å². The predicted molar refractivity (Wildman–Crippen MR) is 40.0 cm³/mol. The smallest absolute Gasteiger partial charge is 0.0703 e. The Morgan fingerprint density at radius 2 is 2.40 bits per heavy atom. The molecular formula is C8H15NO. The molecule has 2 atom stereocenters. The van der Waals surface area contributed by atoms with Gasteiger partial charge >= 0.3 is 0 Å². The van der Waals surface area contributed by atoms with E-state index in [0.29, 0.717) is 6.10 Å². The minimum atomic E-state index is 0.560. The van der Waals surface area contributed by atoms with Crippen LogP contribution < -0.4 is 0 Å². The summed E-state index contributed by atoms with van der Waals surface area (Å²) < 4.78 is 5.57. The van der Waals surface area contributed by atoms with Crippen LogP contribution in [0.4, 0.5) is 0 Å². The second-order valence-electron chi connectivity index (χ2n) is 3.27. The number of morpholine rings is 1. The van der Waals surface area contributed by atoms with Crippen molar-refractivity contribution in [3.63, 3.8) is 0 Å². The molecule has 3 aliphatic heterocycles. The van der Waals surface area contributed by atoms with Crippen LogP contribution in [0.2, 0.25) is 0 Å². The van der Waals surface area contributed by atoms with Crippen molar-refractivity contribution in [2.24, 2.45) is 0 Å². The average molecular weight is 141 g/mol. The van der Waals surface area contributed by atoms with Gasteiger partial charge in [-0.3, -0.25) is 4.90 Å². The van der Waals surface area contributed by atoms with E-state index in [1.807, 2.05) is 0 Å². The van der Waals surface area contributed by atoms with Crippen molar-refractivity contribution in [1.29, 1.82) is 0 Å². The van der Waals surface area contributed by atoms with Gasteiger partial charge in [0.15, 0.2) is 0 Å².